The van der Waals surface area contributed by atoms with Crippen LogP contribution in [-0.4, -0.2) is 30.1 Å². The molecule has 7 heteroatoms. The minimum Gasteiger partial charge on any atom is -0.346 e. The molecule has 130 valence electrons. The first kappa shape index (κ1) is 16.0. The van der Waals surface area contributed by atoms with Crippen molar-refractivity contribution in [1.29, 1.82) is 0 Å². The molecule has 0 unspecified atom stereocenters. The minimum absolute atomic E-state index is 0.119. The van der Waals surface area contributed by atoms with Gasteiger partial charge >= 0.3 is 0 Å². The lowest BCUT2D eigenvalue weighted by Gasteiger charge is -2.05. The molecule has 4 aromatic rings. The van der Waals surface area contributed by atoms with Crippen molar-refractivity contribution in [3.63, 3.8) is 0 Å². The van der Waals surface area contributed by atoms with Crippen LogP contribution < -0.4 is 5.32 Å². The maximum Gasteiger partial charge on any atom is 0.251 e. The molecule has 7 nitrogen and oxygen atoms in total. The van der Waals surface area contributed by atoms with Gasteiger partial charge in [0.2, 0.25) is 0 Å². The third-order valence-electron chi connectivity index (χ3n) is 4.20. The highest BCUT2D eigenvalue weighted by Gasteiger charge is 2.08. The number of hydrogen-bond donors (Lipinski definition) is 1. The first-order chi connectivity index (χ1) is 12.7. The van der Waals surface area contributed by atoms with Gasteiger partial charge in [-0.05, 0) is 36.8 Å². The summed E-state index contributed by atoms with van der Waals surface area (Å²) < 4.78 is 3.75. The van der Waals surface area contributed by atoms with E-state index in [9.17, 15) is 4.79 Å². The Labute approximate surface area is 150 Å². The van der Waals surface area contributed by atoms with Crippen LogP contribution in [0.1, 0.15) is 27.3 Å². The SMILES string of the molecule is Cc1cccc2nc(CNC(=O)c3ccc(Cn4cncn4)cc3)cn12. The summed E-state index contributed by atoms with van der Waals surface area (Å²) in [5.74, 6) is -0.119. The highest BCUT2D eigenvalue weighted by Crippen LogP contribution is 2.09. The van der Waals surface area contributed by atoms with E-state index in [1.807, 2.05) is 60.0 Å². The molecule has 1 amide bonds. The van der Waals surface area contributed by atoms with E-state index in [2.05, 4.69) is 20.4 Å². The third kappa shape index (κ3) is 3.32. The van der Waals surface area contributed by atoms with Gasteiger partial charge in [-0.25, -0.2) is 14.6 Å². The summed E-state index contributed by atoms with van der Waals surface area (Å²) in [4.78, 5) is 20.8. The standard InChI is InChI=1S/C19H18N6O/c1-14-3-2-4-18-23-17(11-25(14)18)9-21-19(26)16-7-5-15(6-8-16)10-24-13-20-12-22-24/h2-8,11-13H,9-10H2,1H3,(H,21,26). The lowest BCUT2D eigenvalue weighted by atomic mass is 10.1. The maximum absolute atomic E-state index is 12.4. The summed E-state index contributed by atoms with van der Waals surface area (Å²) in [6, 6.07) is 13.4. The van der Waals surface area contributed by atoms with Gasteiger partial charge in [-0.15, -0.1) is 0 Å². The fraction of sp³-hybridized carbons (Fsp3) is 0.158. The van der Waals surface area contributed by atoms with Gasteiger partial charge in [0.1, 0.15) is 18.3 Å². The molecular formula is C19H18N6O. The maximum atomic E-state index is 12.4. The average molecular weight is 346 g/mol. The zero-order valence-electron chi connectivity index (χ0n) is 14.3. The van der Waals surface area contributed by atoms with Crippen LogP contribution in [0.25, 0.3) is 5.65 Å². The van der Waals surface area contributed by atoms with E-state index in [0.717, 1.165) is 22.6 Å². The van der Waals surface area contributed by atoms with Crippen molar-refractivity contribution in [3.05, 3.63) is 83.8 Å². The Morgan fingerprint density at radius 3 is 2.73 bits per heavy atom. The number of amides is 1. The number of rotatable bonds is 5. The molecular weight excluding hydrogens is 328 g/mol. The molecule has 0 saturated heterocycles. The Hall–Kier alpha value is -3.48. The number of benzene rings is 1. The molecule has 26 heavy (non-hydrogen) atoms. The van der Waals surface area contributed by atoms with Crippen molar-refractivity contribution in [1.82, 2.24) is 29.5 Å². The molecule has 3 heterocycles. The van der Waals surface area contributed by atoms with Crippen LogP contribution in [0.5, 0.6) is 0 Å². The molecule has 0 atom stereocenters. The van der Waals surface area contributed by atoms with Gasteiger partial charge in [0.15, 0.2) is 0 Å². The second kappa shape index (κ2) is 6.79. The second-order valence-corrected chi connectivity index (χ2v) is 6.10. The predicted molar refractivity (Wildman–Crippen MR) is 96.7 cm³/mol. The third-order valence-corrected chi connectivity index (χ3v) is 4.20. The molecule has 1 aromatic carbocycles. The fourth-order valence-electron chi connectivity index (χ4n) is 2.82. The number of pyridine rings is 1. The molecule has 1 N–H and O–H groups in total. The van der Waals surface area contributed by atoms with Crippen molar-refractivity contribution in [3.8, 4) is 0 Å². The van der Waals surface area contributed by atoms with Gasteiger partial charge in [-0.1, -0.05) is 18.2 Å². The van der Waals surface area contributed by atoms with Crippen LogP contribution in [-0.2, 0) is 13.1 Å². The van der Waals surface area contributed by atoms with Crippen LogP contribution in [0.4, 0.5) is 0 Å². The smallest absolute Gasteiger partial charge is 0.251 e. The van der Waals surface area contributed by atoms with E-state index in [1.54, 1.807) is 11.0 Å². The van der Waals surface area contributed by atoms with Gasteiger partial charge in [-0.3, -0.25) is 4.79 Å². The molecule has 0 spiro atoms. The topological polar surface area (TPSA) is 77.1 Å². The highest BCUT2D eigenvalue weighted by atomic mass is 16.1. The Bertz CT molecular complexity index is 1030. The van der Waals surface area contributed by atoms with Gasteiger partial charge in [0, 0.05) is 17.5 Å². The number of carbonyl (C=O) groups excluding carboxylic acids is 1. The summed E-state index contributed by atoms with van der Waals surface area (Å²) in [5, 5.41) is 6.99. The molecule has 0 radical (unpaired) electrons. The zero-order chi connectivity index (χ0) is 17.9. The van der Waals surface area contributed by atoms with E-state index in [4.69, 9.17) is 0 Å². The van der Waals surface area contributed by atoms with Crippen molar-refractivity contribution < 1.29 is 4.79 Å². The quantitative estimate of drug-likeness (QED) is 0.601. The van der Waals surface area contributed by atoms with Crippen LogP contribution in [0.3, 0.4) is 0 Å². The Balaban J connectivity index is 1.40. The Morgan fingerprint density at radius 2 is 2.00 bits per heavy atom. The number of carbonyl (C=O) groups is 1. The van der Waals surface area contributed by atoms with Crippen LogP contribution >= 0.6 is 0 Å². The summed E-state index contributed by atoms with van der Waals surface area (Å²) in [5.41, 5.74) is 4.49. The highest BCUT2D eigenvalue weighted by molar-refractivity contribution is 5.94. The number of fused-ring (bicyclic) bond motifs is 1. The molecule has 0 aliphatic heterocycles. The Kier molecular flexibility index (Phi) is 4.18. The van der Waals surface area contributed by atoms with Crippen LogP contribution in [0, 0.1) is 6.92 Å². The van der Waals surface area contributed by atoms with Gasteiger partial charge in [0.05, 0.1) is 18.8 Å². The first-order valence-corrected chi connectivity index (χ1v) is 8.32. The minimum atomic E-state index is -0.119. The van der Waals surface area contributed by atoms with Crippen molar-refractivity contribution >= 4 is 11.6 Å². The van der Waals surface area contributed by atoms with E-state index in [0.29, 0.717) is 18.7 Å². The van der Waals surface area contributed by atoms with Crippen molar-refractivity contribution in [2.45, 2.75) is 20.0 Å². The predicted octanol–water partition coefficient (Wildman–Crippen LogP) is 2.21. The molecule has 0 aliphatic carbocycles. The van der Waals surface area contributed by atoms with Crippen molar-refractivity contribution in [2.24, 2.45) is 0 Å². The second-order valence-electron chi connectivity index (χ2n) is 6.10. The summed E-state index contributed by atoms with van der Waals surface area (Å²) >= 11 is 0. The molecule has 0 aliphatic rings. The number of nitrogens with zero attached hydrogens (tertiary/aromatic N) is 5. The lowest BCUT2D eigenvalue weighted by molar-refractivity contribution is 0.0950. The molecule has 0 saturated carbocycles. The molecule has 3 aromatic heterocycles. The van der Waals surface area contributed by atoms with E-state index < -0.39 is 0 Å². The van der Waals surface area contributed by atoms with E-state index in [-0.39, 0.29) is 5.91 Å². The normalized spacial score (nSPS) is 11.0. The van der Waals surface area contributed by atoms with Gasteiger partial charge in [-0.2, -0.15) is 5.10 Å². The average Bonchev–Trinajstić information content (AvgIpc) is 3.30. The zero-order valence-corrected chi connectivity index (χ0v) is 14.3. The molecule has 0 fully saturated rings. The van der Waals surface area contributed by atoms with Gasteiger partial charge < -0.3 is 9.72 Å². The lowest BCUT2D eigenvalue weighted by Crippen LogP contribution is -2.22. The number of imidazole rings is 1. The summed E-state index contributed by atoms with van der Waals surface area (Å²) in [6.07, 6.45) is 5.12. The Morgan fingerprint density at radius 1 is 1.15 bits per heavy atom. The fourth-order valence-corrected chi connectivity index (χ4v) is 2.82. The number of nitrogens with one attached hydrogen (secondary N) is 1. The summed E-state index contributed by atoms with van der Waals surface area (Å²) in [7, 11) is 0. The van der Waals surface area contributed by atoms with Gasteiger partial charge in [0.25, 0.3) is 5.91 Å². The number of aromatic nitrogens is 5. The van der Waals surface area contributed by atoms with E-state index in [1.165, 1.54) is 6.33 Å². The largest absolute Gasteiger partial charge is 0.346 e. The first-order valence-electron chi connectivity index (χ1n) is 8.32. The van der Waals surface area contributed by atoms with Crippen LogP contribution in [0.15, 0.2) is 61.3 Å². The summed E-state index contributed by atoms with van der Waals surface area (Å²) in [6.45, 7) is 3.04. The monoisotopic (exact) mass is 346 g/mol. The number of hydrogen-bond acceptors (Lipinski definition) is 4. The van der Waals surface area contributed by atoms with Crippen molar-refractivity contribution in [2.75, 3.05) is 0 Å². The number of aryl methyl sites for hydroxylation is 1. The van der Waals surface area contributed by atoms with E-state index >= 15 is 0 Å². The molecule has 4 rings (SSSR count). The molecule has 0 bridgehead atoms. The van der Waals surface area contributed by atoms with Crippen LogP contribution in [0.2, 0.25) is 0 Å².